The first-order chi connectivity index (χ1) is 16.2. The average Bonchev–Trinajstić information content (AvgIpc) is 3.03. The molecule has 2 aromatic carbocycles. The Morgan fingerprint density at radius 3 is 2.56 bits per heavy atom. The predicted octanol–water partition coefficient (Wildman–Crippen LogP) is 3.10. The highest BCUT2D eigenvalue weighted by Gasteiger charge is 2.26. The standard InChI is InChI=1S/C24H24N4O5S/c1-13-20(23(31)28(27(13)4)17-8-6-5-7-9-17)26-21(29)14(2)33-24(32)16-10-11-19-18(12-16)25-22(30)15(3)34-19/h5-12,14-15H,1-4H3,(H,25,30)(H,26,29). The highest BCUT2D eigenvalue weighted by molar-refractivity contribution is 8.00. The summed E-state index contributed by atoms with van der Waals surface area (Å²) in [4.78, 5) is 51.1. The smallest absolute Gasteiger partial charge is 0.338 e. The van der Waals surface area contributed by atoms with E-state index >= 15 is 0 Å². The van der Waals surface area contributed by atoms with Crippen LogP contribution in [0, 0.1) is 6.92 Å². The molecule has 2 unspecified atom stereocenters. The van der Waals surface area contributed by atoms with Crippen LogP contribution in [0.15, 0.2) is 58.2 Å². The van der Waals surface area contributed by atoms with E-state index < -0.39 is 23.5 Å². The van der Waals surface area contributed by atoms with Crippen LogP contribution < -0.4 is 16.2 Å². The van der Waals surface area contributed by atoms with Crippen LogP contribution in [0.4, 0.5) is 11.4 Å². The molecule has 1 aliphatic rings. The molecule has 1 aromatic heterocycles. The van der Waals surface area contributed by atoms with Gasteiger partial charge < -0.3 is 15.4 Å². The van der Waals surface area contributed by atoms with Crippen molar-refractivity contribution in [3.8, 4) is 5.69 Å². The molecule has 2 amide bonds. The Balaban J connectivity index is 1.48. The van der Waals surface area contributed by atoms with Crippen LogP contribution >= 0.6 is 11.8 Å². The zero-order valence-corrected chi connectivity index (χ0v) is 19.9. The van der Waals surface area contributed by atoms with Gasteiger partial charge in [-0.25, -0.2) is 9.48 Å². The van der Waals surface area contributed by atoms with Gasteiger partial charge in [0.2, 0.25) is 5.91 Å². The molecule has 2 N–H and O–H groups in total. The number of rotatable bonds is 5. The molecule has 34 heavy (non-hydrogen) atoms. The van der Waals surface area contributed by atoms with Crippen molar-refractivity contribution in [2.24, 2.45) is 7.05 Å². The van der Waals surface area contributed by atoms with E-state index in [2.05, 4.69) is 10.6 Å². The number of nitrogens with one attached hydrogen (secondary N) is 2. The fraction of sp³-hybridized carbons (Fsp3) is 0.250. The maximum Gasteiger partial charge on any atom is 0.338 e. The second-order valence-corrected chi connectivity index (χ2v) is 9.32. The molecule has 4 rings (SSSR count). The van der Waals surface area contributed by atoms with Crippen molar-refractivity contribution in [3.63, 3.8) is 0 Å². The summed E-state index contributed by atoms with van der Waals surface area (Å²) in [5.74, 6) is -1.49. The van der Waals surface area contributed by atoms with Gasteiger partial charge in [-0.05, 0) is 51.1 Å². The number of nitrogens with zero attached hydrogens (tertiary/aromatic N) is 2. The van der Waals surface area contributed by atoms with Crippen LogP contribution in [0.5, 0.6) is 0 Å². The van der Waals surface area contributed by atoms with Crippen molar-refractivity contribution in [1.29, 1.82) is 0 Å². The first-order valence-corrected chi connectivity index (χ1v) is 11.5. The van der Waals surface area contributed by atoms with E-state index in [1.54, 1.807) is 49.8 Å². The molecule has 2 atom stereocenters. The lowest BCUT2D eigenvalue weighted by Gasteiger charge is -2.21. The minimum atomic E-state index is -1.16. The van der Waals surface area contributed by atoms with Gasteiger partial charge in [-0.15, -0.1) is 11.8 Å². The first-order valence-electron chi connectivity index (χ1n) is 10.6. The maximum absolute atomic E-state index is 13.0. The lowest BCUT2D eigenvalue weighted by Crippen LogP contribution is -2.32. The summed E-state index contributed by atoms with van der Waals surface area (Å²) >= 11 is 1.40. The highest BCUT2D eigenvalue weighted by Crippen LogP contribution is 2.36. The van der Waals surface area contributed by atoms with E-state index in [0.717, 1.165) is 4.90 Å². The molecule has 0 saturated carbocycles. The fourth-order valence-electron chi connectivity index (χ4n) is 3.55. The molecule has 0 radical (unpaired) electrons. The average molecular weight is 481 g/mol. The van der Waals surface area contributed by atoms with Crippen LogP contribution in [0.3, 0.4) is 0 Å². The molecule has 1 aliphatic heterocycles. The molecular weight excluding hydrogens is 456 g/mol. The van der Waals surface area contributed by atoms with Crippen LogP contribution in [0.1, 0.15) is 29.9 Å². The number of amides is 2. The number of hydrogen-bond acceptors (Lipinski definition) is 6. The Kier molecular flexibility index (Phi) is 6.34. The monoisotopic (exact) mass is 480 g/mol. The summed E-state index contributed by atoms with van der Waals surface area (Å²) in [5, 5.41) is 5.14. The minimum Gasteiger partial charge on any atom is -0.449 e. The Hall–Kier alpha value is -3.79. The molecule has 3 aromatic rings. The third kappa shape index (κ3) is 4.36. The SMILES string of the molecule is Cc1c(NC(=O)C(C)OC(=O)c2ccc3c(c2)NC(=O)C(C)S3)c(=O)n(-c2ccccc2)n1C. The molecule has 9 nitrogen and oxygen atoms in total. The Morgan fingerprint density at radius 1 is 1.15 bits per heavy atom. The number of carbonyl (C=O) groups is 3. The second kappa shape index (κ2) is 9.22. The summed E-state index contributed by atoms with van der Waals surface area (Å²) in [7, 11) is 1.72. The Bertz CT molecular complexity index is 1350. The molecule has 2 heterocycles. The summed E-state index contributed by atoms with van der Waals surface area (Å²) in [6.45, 7) is 4.95. The third-order valence-corrected chi connectivity index (χ3v) is 6.78. The second-order valence-electron chi connectivity index (χ2n) is 7.93. The molecule has 0 aliphatic carbocycles. The Labute approximate surface area is 200 Å². The quantitative estimate of drug-likeness (QED) is 0.543. The van der Waals surface area contributed by atoms with E-state index in [1.807, 2.05) is 18.2 Å². The first kappa shape index (κ1) is 23.4. The van der Waals surface area contributed by atoms with Gasteiger partial charge in [0.25, 0.3) is 11.5 Å². The number of benzene rings is 2. The van der Waals surface area contributed by atoms with Crippen molar-refractivity contribution in [2.75, 3.05) is 10.6 Å². The number of carbonyl (C=O) groups excluding carboxylic acids is 3. The predicted molar refractivity (Wildman–Crippen MR) is 130 cm³/mol. The summed E-state index contributed by atoms with van der Waals surface area (Å²) in [6.07, 6.45) is -1.16. The van der Waals surface area contributed by atoms with Gasteiger partial charge in [0.05, 0.1) is 27.9 Å². The highest BCUT2D eigenvalue weighted by atomic mass is 32.2. The third-order valence-electron chi connectivity index (χ3n) is 5.60. The number of thioether (sulfide) groups is 1. The minimum absolute atomic E-state index is 0.113. The lowest BCUT2D eigenvalue weighted by atomic mass is 10.2. The van der Waals surface area contributed by atoms with E-state index in [0.29, 0.717) is 17.1 Å². The topological polar surface area (TPSA) is 111 Å². The largest absolute Gasteiger partial charge is 0.449 e. The van der Waals surface area contributed by atoms with Gasteiger partial charge in [-0.1, -0.05) is 18.2 Å². The number of para-hydroxylation sites is 1. The normalized spacial score (nSPS) is 15.8. The van der Waals surface area contributed by atoms with Gasteiger partial charge in [-0.2, -0.15) is 0 Å². The number of esters is 1. The van der Waals surface area contributed by atoms with Crippen molar-refractivity contribution in [2.45, 2.75) is 37.0 Å². The van der Waals surface area contributed by atoms with Gasteiger partial charge in [-0.3, -0.25) is 19.1 Å². The van der Waals surface area contributed by atoms with Gasteiger partial charge in [0.1, 0.15) is 5.69 Å². The van der Waals surface area contributed by atoms with Crippen LogP contribution in [0.25, 0.3) is 5.69 Å². The molecule has 10 heteroatoms. The van der Waals surface area contributed by atoms with Crippen molar-refractivity contribution in [3.05, 3.63) is 70.1 Å². The maximum atomic E-state index is 13.0. The number of hydrogen-bond donors (Lipinski definition) is 2. The molecule has 0 saturated heterocycles. The zero-order valence-electron chi connectivity index (χ0n) is 19.1. The van der Waals surface area contributed by atoms with Gasteiger partial charge >= 0.3 is 5.97 Å². The van der Waals surface area contributed by atoms with Crippen molar-refractivity contribution >= 4 is 40.9 Å². The summed E-state index contributed by atoms with van der Waals surface area (Å²) in [5.41, 5.74) is 1.66. The molecule has 0 fully saturated rings. The number of ether oxygens (including phenoxy) is 1. The number of fused-ring (bicyclic) bond motifs is 1. The summed E-state index contributed by atoms with van der Waals surface area (Å²) in [6, 6.07) is 13.9. The van der Waals surface area contributed by atoms with Gasteiger partial charge in [0, 0.05) is 11.9 Å². The van der Waals surface area contributed by atoms with E-state index in [9.17, 15) is 19.2 Å². The van der Waals surface area contributed by atoms with Crippen LogP contribution in [0.2, 0.25) is 0 Å². The summed E-state index contributed by atoms with van der Waals surface area (Å²) < 4.78 is 8.41. The van der Waals surface area contributed by atoms with Crippen molar-refractivity contribution < 1.29 is 19.1 Å². The molecular formula is C24H24N4O5S. The molecule has 0 spiro atoms. The van der Waals surface area contributed by atoms with Crippen LogP contribution in [-0.2, 0) is 21.4 Å². The number of anilines is 2. The molecule has 0 bridgehead atoms. The number of aromatic nitrogens is 2. The lowest BCUT2D eigenvalue weighted by molar-refractivity contribution is -0.123. The van der Waals surface area contributed by atoms with E-state index in [4.69, 9.17) is 4.74 Å². The van der Waals surface area contributed by atoms with E-state index in [-0.39, 0.29) is 22.4 Å². The van der Waals surface area contributed by atoms with Crippen LogP contribution in [-0.4, -0.2) is 38.5 Å². The Morgan fingerprint density at radius 2 is 1.85 bits per heavy atom. The van der Waals surface area contributed by atoms with E-state index in [1.165, 1.54) is 29.4 Å². The van der Waals surface area contributed by atoms with Gasteiger partial charge in [0.15, 0.2) is 6.10 Å². The zero-order chi connectivity index (χ0) is 24.6. The van der Waals surface area contributed by atoms with Crippen molar-refractivity contribution in [1.82, 2.24) is 9.36 Å². The fourth-order valence-corrected chi connectivity index (χ4v) is 4.49. The molecule has 176 valence electrons.